The van der Waals surface area contributed by atoms with E-state index in [-0.39, 0.29) is 16.1 Å². The molecule has 5 nitrogen and oxygen atoms in total. The Morgan fingerprint density at radius 1 is 1.29 bits per heavy atom. The average molecular weight is 308 g/mol. The number of carboxylic acids is 1. The first-order chi connectivity index (χ1) is 10.0. The van der Waals surface area contributed by atoms with Crippen LogP contribution in [0.1, 0.15) is 32.0 Å². The molecule has 1 aromatic carbocycles. The predicted molar refractivity (Wildman–Crippen MR) is 77.9 cm³/mol. The first-order valence-electron chi connectivity index (χ1n) is 6.33. The van der Waals surface area contributed by atoms with E-state index in [1.807, 2.05) is 6.07 Å². The highest BCUT2D eigenvalue weighted by Gasteiger charge is 2.17. The molecule has 0 radical (unpaired) electrons. The lowest BCUT2D eigenvalue weighted by Crippen LogP contribution is -2.19. The Balaban J connectivity index is 2.33. The zero-order valence-corrected chi connectivity index (χ0v) is 12.1. The molecule has 0 atom stereocenters. The summed E-state index contributed by atoms with van der Waals surface area (Å²) in [6, 6.07) is 6.43. The molecule has 1 aromatic heterocycles. The zero-order chi connectivity index (χ0) is 15.4. The number of carboxylic acid groups (broad SMARTS) is 1. The summed E-state index contributed by atoms with van der Waals surface area (Å²) < 4.78 is 5.22. The van der Waals surface area contributed by atoms with Gasteiger partial charge in [0.2, 0.25) is 0 Å². The number of hydrogen-bond donors (Lipinski definition) is 2. The number of nitrogens with one attached hydrogen (secondary N) is 1. The molecule has 0 aliphatic rings. The second-order valence-electron chi connectivity index (χ2n) is 4.45. The molecule has 2 N–H and O–H groups in total. The minimum Gasteiger partial charge on any atom is -0.478 e. The van der Waals surface area contributed by atoms with Crippen molar-refractivity contribution in [2.24, 2.45) is 0 Å². The molecular weight excluding hydrogens is 294 g/mol. The Kier molecular flexibility index (Phi) is 4.65. The van der Waals surface area contributed by atoms with Crippen LogP contribution in [0.4, 0.5) is 0 Å². The fourth-order valence-corrected chi connectivity index (χ4v) is 2.31. The molecular formula is C15H14ClNO4. The number of aromatic carboxylic acids is 1. The van der Waals surface area contributed by atoms with Gasteiger partial charge in [-0.05, 0) is 36.2 Å². The summed E-state index contributed by atoms with van der Waals surface area (Å²) in [5.41, 5.74) is 0.791. The van der Waals surface area contributed by atoms with Crippen molar-refractivity contribution in [2.45, 2.75) is 12.8 Å². The third-order valence-electron chi connectivity index (χ3n) is 3.12. The minimum absolute atomic E-state index is 0.0737. The summed E-state index contributed by atoms with van der Waals surface area (Å²) in [5, 5.41) is 12.0. The molecule has 0 spiro atoms. The van der Waals surface area contributed by atoms with Crippen molar-refractivity contribution in [1.82, 2.24) is 5.32 Å². The van der Waals surface area contributed by atoms with Gasteiger partial charge in [-0.1, -0.05) is 11.6 Å². The number of rotatable bonds is 5. The lowest BCUT2D eigenvalue weighted by Gasteiger charge is -2.10. The van der Waals surface area contributed by atoms with Gasteiger partial charge in [0, 0.05) is 13.5 Å². The van der Waals surface area contributed by atoms with E-state index < -0.39 is 11.9 Å². The van der Waals surface area contributed by atoms with Crippen LogP contribution in [0.2, 0.25) is 5.02 Å². The second kappa shape index (κ2) is 6.45. The van der Waals surface area contributed by atoms with Crippen LogP contribution in [0.15, 0.2) is 34.9 Å². The Bertz CT molecular complexity index is 665. The number of hydrogen-bond acceptors (Lipinski definition) is 3. The normalized spacial score (nSPS) is 10.4. The second-order valence-corrected chi connectivity index (χ2v) is 4.86. The third-order valence-corrected chi connectivity index (χ3v) is 3.43. The molecule has 0 aliphatic carbocycles. The van der Waals surface area contributed by atoms with Crippen molar-refractivity contribution in [1.29, 1.82) is 0 Å². The molecule has 0 saturated carbocycles. The molecule has 21 heavy (non-hydrogen) atoms. The predicted octanol–water partition coefficient (Wildman–Crippen LogP) is 2.78. The highest BCUT2D eigenvalue weighted by molar-refractivity contribution is 6.34. The monoisotopic (exact) mass is 307 g/mol. The number of benzene rings is 1. The van der Waals surface area contributed by atoms with Crippen LogP contribution < -0.4 is 5.32 Å². The van der Waals surface area contributed by atoms with Crippen LogP contribution in [0.3, 0.4) is 0 Å². The van der Waals surface area contributed by atoms with Crippen LogP contribution in [0.25, 0.3) is 0 Å². The molecule has 1 amide bonds. The summed E-state index contributed by atoms with van der Waals surface area (Å²) in [4.78, 5) is 23.0. The number of amides is 1. The minimum atomic E-state index is -1.09. The highest BCUT2D eigenvalue weighted by atomic mass is 35.5. The molecule has 2 aromatic rings. The van der Waals surface area contributed by atoms with Gasteiger partial charge in [0.05, 0.1) is 22.4 Å². The number of carbonyl (C=O) groups excluding carboxylic acids is 1. The van der Waals surface area contributed by atoms with Crippen molar-refractivity contribution in [3.63, 3.8) is 0 Å². The first kappa shape index (κ1) is 15.1. The quantitative estimate of drug-likeness (QED) is 0.890. The van der Waals surface area contributed by atoms with E-state index in [0.29, 0.717) is 18.4 Å². The van der Waals surface area contributed by atoms with E-state index in [4.69, 9.17) is 16.0 Å². The molecule has 0 saturated heterocycles. The maximum absolute atomic E-state index is 11.7. The highest BCUT2D eigenvalue weighted by Crippen LogP contribution is 2.23. The summed E-state index contributed by atoms with van der Waals surface area (Å²) in [6.45, 7) is 0. The molecule has 1 heterocycles. The van der Waals surface area contributed by atoms with Gasteiger partial charge in [-0.15, -0.1) is 0 Å². The topological polar surface area (TPSA) is 79.5 Å². The Labute approximate surface area is 126 Å². The third kappa shape index (κ3) is 3.44. The molecule has 110 valence electrons. The molecule has 0 fully saturated rings. The smallest absolute Gasteiger partial charge is 0.335 e. The van der Waals surface area contributed by atoms with E-state index in [2.05, 4.69) is 5.32 Å². The summed E-state index contributed by atoms with van der Waals surface area (Å²) >= 11 is 6.06. The van der Waals surface area contributed by atoms with Gasteiger partial charge in [0.1, 0.15) is 5.76 Å². The summed E-state index contributed by atoms with van der Waals surface area (Å²) in [7, 11) is 1.46. The maximum atomic E-state index is 11.7. The lowest BCUT2D eigenvalue weighted by molar-refractivity contribution is 0.0695. The number of furan rings is 1. The van der Waals surface area contributed by atoms with E-state index in [1.54, 1.807) is 12.3 Å². The zero-order valence-electron chi connectivity index (χ0n) is 11.4. The van der Waals surface area contributed by atoms with E-state index >= 15 is 0 Å². The van der Waals surface area contributed by atoms with Crippen molar-refractivity contribution < 1.29 is 19.1 Å². The Hall–Kier alpha value is -2.27. The van der Waals surface area contributed by atoms with Crippen LogP contribution in [-0.2, 0) is 12.8 Å². The fraction of sp³-hybridized carbons (Fsp3) is 0.200. The van der Waals surface area contributed by atoms with Crippen LogP contribution in [-0.4, -0.2) is 24.0 Å². The summed E-state index contributed by atoms with van der Waals surface area (Å²) in [5.74, 6) is -0.746. The summed E-state index contributed by atoms with van der Waals surface area (Å²) in [6.07, 6.45) is 2.58. The van der Waals surface area contributed by atoms with Gasteiger partial charge in [0.15, 0.2) is 0 Å². The molecule has 0 unspecified atom stereocenters. The molecule has 6 heteroatoms. The van der Waals surface area contributed by atoms with Crippen molar-refractivity contribution >= 4 is 23.5 Å². The largest absolute Gasteiger partial charge is 0.478 e. The number of aryl methyl sites for hydroxylation is 2. The van der Waals surface area contributed by atoms with E-state index in [1.165, 1.54) is 19.2 Å². The standard InChI is InChI=1S/C15H14ClNO4/c1-17-14(18)12-8-11(15(19)20)9(7-13(12)16)4-5-10-3-2-6-21-10/h2-3,6-8H,4-5H2,1H3,(H,17,18)(H,19,20). The Morgan fingerprint density at radius 2 is 2.05 bits per heavy atom. The van der Waals surface area contributed by atoms with Crippen molar-refractivity contribution in [3.8, 4) is 0 Å². The molecule has 0 aliphatic heterocycles. The van der Waals surface area contributed by atoms with Gasteiger partial charge in [0.25, 0.3) is 5.91 Å². The van der Waals surface area contributed by atoms with Crippen molar-refractivity contribution in [2.75, 3.05) is 7.05 Å². The molecule has 2 rings (SSSR count). The van der Waals surface area contributed by atoms with Gasteiger partial charge in [-0.3, -0.25) is 4.79 Å². The van der Waals surface area contributed by atoms with Gasteiger partial charge < -0.3 is 14.8 Å². The van der Waals surface area contributed by atoms with Crippen LogP contribution in [0, 0.1) is 0 Å². The number of carbonyl (C=O) groups is 2. The fourth-order valence-electron chi connectivity index (χ4n) is 2.04. The first-order valence-corrected chi connectivity index (χ1v) is 6.71. The van der Waals surface area contributed by atoms with Crippen molar-refractivity contribution in [3.05, 3.63) is 58.0 Å². The van der Waals surface area contributed by atoms with Crippen LogP contribution >= 0.6 is 11.6 Å². The average Bonchev–Trinajstić information content (AvgIpc) is 2.97. The lowest BCUT2D eigenvalue weighted by atomic mass is 9.99. The SMILES string of the molecule is CNC(=O)c1cc(C(=O)O)c(CCc2ccco2)cc1Cl. The van der Waals surface area contributed by atoms with E-state index in [0.717, 1.165) is 5.76 Å². The maximum Gasteiger partial charge on any atom is 0.335 e. The Morgan fingerprint density at radius 3 is 2.62 bits per heavy atom. The van der Waals surface area contributed by atoms with Gasteiger partial charge in [-0.2, -0.15) is 0 Å². The van der Waals surface area contributed by atoms with Gasteiger partial charge >= 0.3 is 5.97 Å². The van der Waals surface area contributed by atoms with Gasteiger partial charge in [-0.25, -0.2) is 4.79 Å². The number of halogens is 1. The van der Waals surface area contributed by atoms with Crippen LogP contribution in [0.5, 0.6) is 0 Å². The molecule has 0 bridgehead atoms. The van der Waals surface area contributed by atoms with E-state index in [9.17, 15) is 14.7 Å².